The van der Waals surface area contributed by atoms with Gasteiger partial charge in [0.05, 0.1) is 18.0 Å². The summed E-state index contributed by atoms with van der Waals surface area (Å²) < 4.78 is 32.4. The van der Waals surface area contributed by atoms with Crippen molar-refractivity contribution in [1.29, 1.82) is 0 Å². The van der Waals surface area contributed by atoms with Crippen molar-refractivity contribution in [1.82, 2.24) is 14.5 Å². The molecular weight excluding hydrogens is 340 g/mol. The van der Waals surface area contributed by atoms with Crippen LogP contribution in [0.4, 0.5) is 0 Å². The maximum atomic E-state index is 12.6. The van der Waals surface area contributed by atoms with E-state index in [1.807, 2.05) is 13.8 Å². The zero-order valence-corrected chi connectivity index (χ0v) is 17.1. The van der Waals surface area contributed by atoms with Gasteiger partial charge in [0.15, 0.2) is 5.96 Å². The number of nitrogens with zero attached hydrogens (tertiary/aromatic N) is 3. The second kappa shape index (κ2) is 8.68. The number of likely N-dealkylation sites (tertiary alicyclic amines) is 1. The average molecular weight is 375 g/mol. The van der Waals surface area contributed by atoms with Gasteiger partial charge in [0.1, 0.15) is 0 Å². The quantitative estimate of drug-likeness (QED) is 0.586. The van der Waals surface area contributed by atoms with Crippen LogP contribution >= 0.6 is 0 Å². The van der Waals surface area contributed by atoms with E-state index in [0.717, 1.165) is 19.0 Å². The van der Waals surface area contributed by atoms with E-state index in [2.05, 4.69) is 29.1 Å². The van der Waals surface area contributed by atoms with Crippen molar-refractivity contribution in [2.45, 2.75) is 46.3 Å². The lowest BCUT2D eigenvalue weighted by Crippen LogP contribution is -2.51. The first-order chi connectivity index (χ1) is 11.7. The molecule has 4 unspecified atom stereocenters. The standard InChI is InChI=1S/C17H34N4O3S/c1-13-8-14(2)10-20(9-13)17(18-5)19-6-7-25(22,23)21-11-15(3)24-16(4)12-21/h13-16H,6-12H2,1-5H3,(H,18,19). The van der Waals surface area contributed by atoms with Gasteiger partial charge in [-0.2, -0.15) is 4.31 Å². The van der Waals surface area contributed by atoms with Gasteiger partial charge < -0.3 is 15.0 Å². The molecule has 25 heavy (non-hydrogen) atoms. The molecule has 7 nitrogen and oxygen atoms in total. The van der Waals surface area contributed by atoms with Crippen molar-refractivity contribution in [3.8, 4) is 0 Å². The average Bonchev–Trinajstić information content (AvgIpc) is 2.49. The molecular formula is C17H34N4O3S. The Morgan fingerprint density at radius 1 is 1.08 bits per heavy atom. The van der Waals surface area contributed by atoms with Crippen LogP contribution in [0, 0.1) is 11.8 Å². The summed E-state index contributed by atoms with van der Waals surface area (Å²) >= 11 is 0. The van der Waals surface area contributed by atoms with Crippen molar-refractivity contribution in [3.05, 3.63) is 0 Å². The highest BCUT2D eigenvalue weighted by Crippen LogP contribution is 2.21. The fourth-order valence-corrected chi connectivity index (χ4v) is 5.44. The summed E-state index contributed by atoms with van der Waals surface area (Å²) in [6.07, 6.45) is 1.11. The minimum Gasteiger partial charge on any atom is -0.373 e. The molecule has 0 spiro atoms. The van der Waals surface area contributed by atoms with Crippen LogP contribution in [0.25, 0.3) is 0 Å². The molecule has 0 aromatic carbocycles. The summed E-state index contributed by atoms with van der Waals surface area (Å²) in [5, 5.41) is 3.24. The Balaban J connectivity index is 1.87. The summed E-state index contributed by atoms with van der Waals surface area (Å²) in [4.78, 5) is 6.58. The van der Waals surface area contributed by atoms with E-state index in [9.17, 15) is 8.42 Å². The van der Waals surface area contributed by atoms with E-state index in [0.29, 0.717) is 31.5 Å². The van der Waals surface area contributed by atoms with Gasteiger partial charge in [0, 0.05) is 39.8 Å². The van der Waals surface area contributed by atoms with Crippen LogP contribution in [0.1, 0.15) is 34.1 Å². The molecule has 1 N–H and O–H groups in total. The molecule has 0 bridgehead atoms. The summed E-state index contributed by atoms with van der Waals surface area (Å²) in [5.74, 6) is 2.13. The van der Waals surface area contributed by atoms with Gasteiger partial charge in [-0.05, 0) is 32.1 Å². The van der Waals surface area contributed by atoms with Gasteiger partial charge >= 0.3 is 0 Å². The molecule has 0 radical (unpaired) electrons. The van der Waals surface area contributed by atoms with Crippen molar-refractivity contribution in [3.63, 3.8) is 0 Å². The highest BCUT2D eigenvalue weighted by atomic mass is 32.2. The van der Waals surface area contributed by atoms with E-state index in [1.54, 1.807) is 11.4 Å². The topological polar surface area (TPSA) is 74.2 Å². The van der Waals surface area contributed by atoms with Crippen LogP contribution in [0.3, 0.4) is 0 Å². The summed E-state index contributed by atoms with van der Waals surface area (Å²) in [6, 6.07) is 0. The van der Waals surface area contributed by atoms with Crippen LogP contribution < -0.4 is 5.32 Å². The predicted molar refractivity (Wildman–Crippen MR) is 101 cm³/mol. The Kier molecular flexibility index (Phi) is 7.10. The van der Waals surface area contributed by atoms with E-state index in [-0.39, 0.29) is 18.0 Å². The monoisotopic (exact) mass is 374 g/mol. The van der Waals surface area contributed by atoms with Crippen molar-refractivity contribution >= 4 is 16.0 Å². The van der Waals surface area contributed by atoms with Crippen molar-refractivity contribution in [2.75, 3.05) is 45.5 Å². The number of aliphatic imine (C=N–C) groups is 1. The zero-order valence-electron chi connectivity index (χ0n) is 16.2. The molecule has 4 atom stereocenters. The third-order valence-corrected chi connectivity index (χ3v) is 6.61. The molecule has 146 valence electrons. The first kappa shape index (κ1) is 20.5. The van der Waals surface area contributed by atoms with Crippen LogP contribution in [0.5, 0.6) is 0 Å². The van der Waals surface area contributed by atoms with Gasteiger partial charge in [-0.25, -0.2) is 8.42 Å². The first-order valence-electron chi connectivity index (χ1n) is 9.30. The van der Waals surface area contributed by atoms with Crippen LogP contribution in [-0.2, 0) is 14.8 Å². The molecule has 8 heteroatoms. The van der Waals surface area contributed by atoms with Gasteiger partial charge in [-0.1, -0.05) is 13.8 Å². The number of sulfonamides is 1. The normalized spacial score (nSPS) is 32.7. The lowest BCUT2D eigenvalue weighted by molar-refractivity contribution is -0.0440. The fourth-order valence-electron chi connectivity index (χ4n) is 3.95. The predicted octanol–water partition coefficient (Wildman–Crippen LogP) is 0.979. The lowest BCUT2D eigenvalue weighted by atomic mass is 9.92. The van der Waals surface area contributed by atoms with Crippen molar-refractivity contribution in [2.24, 2.45) is 16.8 Å². The number of morpholine rings is 1. The summed E-state index contributed by atoms with van der Waals surface area (Å²) in [7, 11) is -1.53. The summed E-state index contributed by atoms with van der Waals surface area (Å²) in [6.45, 7) is 11.5. The maximum absolute atomic E-state index is 12.6. The highest BCUT2D eigenvalue weighted by molar-refractivity contribution is 7.89. The number of nitrogens with one attached hydrogen (secondary N) is 1. The fraction of sp³-hybridized carbons (Fsp3) is 0.941. The lowest BCUT2D eigenvalue weighted by Gasteiger charge is -2.37. The largest absolute Gasteiger partial charge is 0.373 e. The van der Waals surface area contributed by atoms with Crippen LogP contribution in [-0.4, -0.2) is 81.3 Å². The third kappa shape index (κ3) is 5.82. The Bertz CT molecular complexity index is 546. The van der Waals surface area contributed by atoms with Gasteiger partial charge in [-0.15, -0.1) is 0 Å². The molecule has 2 saturated heterocycles. The Labute approximate surface area is 152 Å². The van der Waals surface area contributed by atoms with Crippen LogP contribution in [0.2, 0.25) is 0 Å². The third-order valence-electron chi connectivity index (χ3n) is 4.80. The molecule has 0 amide bonds. The highest BCUT2D eigenvalue weighted by Gasteiger charge is 2.31. The zero-order chi connectivity index (χ0) is 18.6. The summed E-state index contributed by atoms with van der Waals surface area (Å²) in [5.41, 5.74) is 0. The Morgan fingerprint density at radius 3 is 2.16 bits per heavy atom. The number of guanidine groups is 1. The molecule has 2 aliphatic heterocycles. The Hall–Kier alpha value is -0.860. The van der Waals surface area contributed by atoms with Crippen LogP contribution in [0.15, 0.2) is 4.99 Å². The number of hydrogen-bond donors (Lipinski definition) is 1. The molecule has 0 aromatic heterocycles. The minimum absolute atomic E-state index is 0.0597. The number of piperidine rings is 1. The molecule has 0 aromatic rings. The number of hydrogen-bond acceptors (Lipinski definition) is 4. The molecule has 2 aliphatic rings. The number of rotatable bonds is 4. The van der Waals surface area contributed by atoms with E-state index in [4.69, 9.17) is 4.74 Å². The van der Waals surface area contributed by atoms with Gasteiger partial charge in [0.25, 0.3) is 0 Å². The number of ether oxygens (including phenoxy) is 1. The smallest absolute Gasteiger partial charge is 0.216 e. The first-order valence-corrected chi connectivity index (χ1v) is 10.9. The molecule has 2 heterocycles. The van der Waals surface area contributed by atoms with Gasteiger partial charge in [-0.3, -0.25) is 4.99 Å². The Morgan fingerprint density at radius 2 is 1.64 bits per heavy atom. The van der Waals surface area contributed by atoms with E-state index in [1.165, 1.54) is 6.42 Å². The van der Waals surface area contributed by atoms with E-state index < -0.39 is 10.0 Å². The second-order valence-corrected chi connectivity index (χ2v) is 9.80. The SMILES string of the molecule is CN=C(NCCS(=O)(=O)N1CC(C)OC(C)C1)N1CC(C)CC(C)C1. The van der Waals surface area contributed by atoms with Crippen molar-refractivity contribution < 1.29 is 13.2 Å². The second-order valence-electron chi connectivity index (χ2n) is 7.72. The maximum Gasteiger partial charge on any atom is 0.216 e. The molecule has 2 fully saturated rings. The molecule has 0 saturated carbocycles. The molecule has 2 rings (SSSR count). The van der Waals surface area contributed by atoms with Gasteiger partial charge in [0.2, 0.25) is 10.0 Å². The van der Waals surface area contributed by atoms with E-state index >= 15 is 0 Å². The molecule has 0 aliphatic carbocycles. The minimum atomic E-state index is -3.29.